The van der Waals surface area contributed by atoms with Crippen LogP contribution in [0.15, 0.2) is 41.7 Å². The Bertz CT molecular complexity index is 769. The number of hydrogen-bond donors (Lipinski definition) is 1. The molecule has 1 aromatic heterocycles. The summed E-state index contributed by atoms with van der Waals surface area (Å²) in [6.07, 6.45) is 2.65. The van der Waals surface area contributed by atoms with Gasteiger partial charge in [0.25, 0.3) is 0 Å². The quantitative estimate of drug-likeness (QED) is 0.605. The lowest BCUT2D eigenvalue weighted by Gasteiger charge is -2.37. The molecule has 0 aliphatic carbocycles. The van der Waals surface area contributed by atoms with E-state index in [4.69, 9.17) is 4.74 Å². The molecule has 3 rings (SSSR count). The third-order valence-corrected chi connectivity index (χ3v) is 4.68. The van der Waals surface area contributed by atoms with Crippen molar-refractivity contribution in [2.75, 3.05) is 44.7 Å². The van der Waals surface area contributed by atoms with Gasteiger partial charge < -0.3 is 19.9 Å². The molecular formula is C19H26F2N6O. The molecular weight excluding hydrogens is 366 g/mol. The van der Waals surface area contributed by atoms with E-state index in [0.29, 0.717) is 6.54 Å². The first-order valence-corrected chi connectivity index (χ1v) is 9.34. The second kappa shape index (κ2) is 9.38. The Balaban J connectivity index is 1.62. The molecule has 1 fully saturated rings. The maximum Gasteiger partial charge on any atom is 0.319 e. The highest BCUT2D eigenvalue weighted by Gasteiger charge is 2.20. The van der Waals surface area contributed by atoms with Gasteiger partial charge in [-0.1, -0.05) is 0 Å². The molecule has 1 N–H and O–H groups in total. The average Bonchev–Trinajstić information content (AvgIpc) is 3.20. The molecule has 9 heteroatoms. The van der Waals surface area contributed by atoms with Gasteiger partial charge in [-0.2, -0.15) is 8.78 Å². The van der Waals surface area contributed by atoms with Crippen LogP contribution in [0, 0.1) is 0 Å². The molecule has 7 nitrogen and oxygen atoms in total. The number of alkyl halides is 2. The number of benzene rings is 1. The Kier molecular flexibility index (Phi) is 6.67. The summed E-state index contributed by atoms with van der Waals surface area (Å²) >= 11 is 0. The second-order valence-electron chi connectivity index (χ2n) is 6.37. The number of nitrogens with one attached hydrogen (secondary N) is 1. The number of anilines is 1. The summed E-state index contributed by atoms with van der Waals surface area (Å²) < 4.78 is 32.0. The molecule has 0 spiro atoms. The molecule has 0 atom stereocenters. The van der Waals surface area contributed by atoms with Gasteiger partial charge in [0.2, 0.25) is 0 Å². The van der Waals surface area contributed by atoms with Gasteiger partial charge in [-0.15, -0.1) is 0 Å². The number of hydrogen-bond acceptors (Lipinski definition) is 4. The molecule has 0 bridgehead atoms. The van der Waals surface area contributed by atoms with Crippen molar-refractivity contribution in [1.82, 2.24) is 19.8 Å². The first-order chi connectivity index (χ1) is 13.6. The predicted molar refractivity (Wildman–Crippen MR) is 105 cm³/mol. The topological polar surface area (TPSA) is 57.9 Å². The van der Waals surface area contributed by atoms with Crippen molar-refractivity contribution in [1.29, 1.82) is 0 Å². The van der Waals surface area contributed by atoms with E-state index >= 15 is 0 Å². The molecule has 0 radical (unpaired) electrons. The average molecular weight is 392 g/mol. The van der Waals surface area contributed by atoms with Crippen LogP contribution in [0.5, 0.6) is 5.75 Å². The first kappa shape index (κ1) is 19.9. The third-order valence-electron chi connectivity index (χ3n) is 4.68. The van der Waals surface area contributed by atoms with Crippen molar-refractivity contribution in [3.05, 3.63) is 42.5 Å². The lowest BCUT2D eigenvalue weighted by Crippen LogP contribution is -2.52. The highest BCUT2D eigenvalue weighted by molar-refractivity contribution is 5.80. The van der Waals surface area contributed by atoms with Crippen LogP contribution in [-0.4, -0.2) is 60.2 Å². The van der Waals surface area contributed by atoms with Crippen molar-refractivity contribution in [3.8, 4) is 5.75 Å². The van der Waals surface area contributed by atoms with E-state index in [-0.39, 0.29) is 12.4 Å². The lowest BCUT2D eigenvalue weighted by atomic mass is 10.2. The van der Waals surface area contributed by atoms with Gasteiger partial charge in [0.05, 0.1) is 7.11 Å². The first-order valence-electron chi connectivity index (χ1n) is 9.34. The fourth-order valence-electron chi connectivity index (χ4n) is 3.18. The van der Waals surface area contributed by atoms with Gasteiger partial charge in [0.15, 0.2) is 5.96 Å². The number of aliphatic imine (C=N–C) groups is 1. The molecule has 1 aromatic carbocycles. The van der Waals surface area contributed by atoms with E-state index in [0.717, 1.165) is 48.1 Å². The van der Waals surface area contributed by atoms with Crippen LogP contribution in [-0.2, 0) is 6.54 Å². The molecule has 2 heterocycles. The Morgan fingerprint density at radius 1 is 1.21 bits per heavy atom. The standard InChI is InChI=1S/C19H26F2N6O/c1-3-22-19(24-14-17-23-8-9-27(17)18(20)21)26-12-10-25(11-13-26)15-4-6-16(28-2)7-5-15/h4-9,18H,3,10-14H2,1-2H3,(H,22,24). The molecule has 0 unspecified atom stereocenters. The number of methoxy groups -OCH3 is 1. The van der Waals surface area contributed by atoms with Crippen LogP contribution in [0.1, 0.15) is 19.3 Å². The minimum Gasteiger partial charge on any atom is -0.497 e. The summed E-state index contributed by atoms with van der Waals surface area (Å²) in [4.78, 5) is 13.0. The summed E-state index contributed by atoms with van der Waals surface area (Å²) in [5, 5.41) is 3.25. The number of piperazine rings is 1. The van der Waals surface area contributed by atoms with Crippen molar-refractivity contribution < 1.29 is 13.5 Å². The Morgan fingerprint density at radius 3 is 2.54 bits per heavy atom. The van der Waals surface area contributed by atoms with Crippen molar-refractivity contribution in [3.63, 3.8) is 0 Å². The largest absolute Gasteiger partial charge is 0.497 e. The monoisotopic (exact) mass is 392 g/mol. The van der Waals surface area contributed by atoms with E-state index in [2.05, 4.69) is 37.2 Å². The number of ether oxygens (including phenoxy) is 1. The van der Waals surface area contributed by atoms with E-state index in [1.165, 1.54) is 12.4 Å². The number of aromatic nitrogens is 2. The number of halogens is 2. The van der Waals surface area contributed by atoms with Crippen molar-refractivity contribution in [2.24, 2.45) is 4.99 Å². The van der Waals surface area contributed by atoms with Crippen LogP contribution in [0.4, 0.5) is 14.5 Å². The van der Waals surface area contributed by atoms with Crippen LogP contribution in [0.25, 0.3) is 0 Å². The lowest BCUT2D eigenvalue weighted by molar-refractivity contribution is 0.0671. The third kappa shape index (κ3) is 4.71. The summed E-state index contributed by atoms with van der Waals surface area (Å²) in [5.41, 5.74) is 1.15. The van der Waals surface area contributed by atoms with Crippen LogP contribution < -0.4 is 15.0 Å². The number of guanidine groups is 1. The van der Waals surface area contributed by atoms with Gasteiger partial charge in [-0.3, -0.25) is 4.57 Å². The van der Waals surface area contributed by atoms with Gasteiger partial charge in [0, 0.05) is 50.8 Å². The summed E-state index contributed by atoms with van der Waals surface area (Å²) in [6.45, 7) is 3.48. The molecule has 1 saturated heterocycles. The zero-order valence-corrected chi connectivity index (χ0v) is 16.2. The fraction of sp³-hybridized carbons (Fsp3) is 0.474. The van der Waals surface area contributed by atoms with Crippen LogP contribution in [0.2, 0.25) is 0 Å². The SMILES string of the molecule is CCNC(=NCc1nccn1C(F)F)N1CCN(c2ccc(OC)cc2)CC1. The summed E-state index contributed by atoms with van der Waals surface area (Å²) in [5.74, 6) is 1.81. The minimum atomic E-state index is -2.61. The van der Waals surface area contributed by atoms with Gasteiger partial charge in [-0.25, -0.2) is 9.98 Å². The highest BCUT2D eigenvalue weighted by atomic mass is 19.3. The molecule has 0 amide bonds. The smallest absolute Gasteiger partial charge is 0.319 e. The van der Waals surface area contributed by atoms with Crippen molar-refractivity contribution >= 4 is 11.6 Å². The van der Waals surface area contributed by atoms with Gasteiger partial charge in [0.1, 0.15) is 18.1 Å². The maximum absolute atomic E-state index is 13.0. The predicted octanol–water partition coefficient (Wildman–Crippen LogP) is 2.57. The van der Waals surface area contributed by atoms with Crippen LogP contribution >= 0.6 is 0 Å². The second-order valence-corrected chi connectivity index (χ2v) is 6.37. The normalized spacial score (nSPS) is 15.2. The molecule has 0 saturated carbocycles. The fourth-order valence-corrected chi connectivity index (χ4v) is 3.18. The minimum absolute atomic E-state index is 0.109. The van der Waals surface area contributed by atoms with E-state index in [1.54, 1.807) is 7.11 Å². The van der Waals surface area contributed by atoms with Crippen LogP contribution in [0.3, 0.4) is 0 Å². The van der Waals surface area contributed by atoms with E-state index in [9.17, 15) is 8.78 Å². The molecule has 2 aromatic rings. The molecule has 28 heavy (non-hydrogen) atoms. The highest BCUT2D eigenvalue weighted by Crippen LogP contribution is 2.20. The van der Waals surface area contributed by atoms with E-state index < -0.39 is 6.55 Å². The van der Waals surface area contributed by atoms with Crippen molar-refractivity contribution in [2.45, 2.75) is 20.0 Å². The number of nitrogens with zero attached hydrogens (tertiary/aromatic N) is 5. The Labute approximate surface area is 163 Å². The molecule has 152 valence electrons. The molecule has 1 aliphatic rings. The summed E-state index contributed by atoms with van der Waals surface area (Å²) in [6, 6.07) is 8.02. The Morgan fingerprint density at radius 2 is 1.93 bits per heavy atom. The van der Waals surface area contributed by atoms with Gasteiger partial charge in [-0.05, 0) is 31.2 Å². The summed E-state index contributed by atoms with van der Waals surface area (Å²) in [7, 11) is 1.66. The maximum atomic E-state index is 13.0. The Hall–Kier alpha value is -2.84. The molecule has 1 aliphatic heterocycles. The number of imidazole rings is 1. The zero-order chi connectivity index (χ0) is 19.9. The number of rotatable bonds is 6. The van der Waals surface area contributed by atoms with E-state index in [1.807, 2.05) is 19.1 Å². The zero-order valence-electron chi connectivity index (χ0n) is 16.2. The van der Waals surface area contributed by atoms with Gasteiger partial charge >= 0.3 is 6.55 Å².